The zero-order valence-corrected chi connectivity index (χ0v) is 33.6. The smallest absolute Gasteiger partial charge is 0.164 e. The molecule has 0 unspecified atom stereocenters. The molecule has 294 valence electrons. The molecule has 0 radical (unpaired) electrons. The molecule has 0 spiro atoms. The Balaban J connectivity index is 0.927. The molecular formula is C57H33N3O3. The van der Waals surface area contributed by atoms with Crippen LogP contribution in [0.4, 0.5) is 0 Å². The van der Waals surface area contributed by atoms with Crippen LogP contribution in [0.3, 0.4) is 0 Å². The van der Waals surface area contributed by atoms with Crippen LogP contribution in [0.25, 0.3) is 133 Å². The van der Waals surface area contributed by atoms with Crippen LogP contribution in [0.15, 0.2) is 213 Å². The van der Waals surface area contributed by atoms with Crippen LogP contribution in [-0.4, -0.2) is 15.0 Å². The Hall–Kier alpha value is -8.61. The summed E-state index contributed by atoms with van der Waals surface area (Å²) in [7, 11) is 0. The molecule has 13 aromatic rings. The first kappa shape index (κ1) is 35.2. The van der Waals surface area contributed by atoms with Crippen LogP contribution in [0.2, 0.25) is 0 Å². The molecule has 6 nitrogen and oxygen atoms in total. The van der Waals surface area contributed by atoms with Gasteiger partial charge in [-0.05, 0) is 88.0 Å². The molecule has 0 bridgehead atoms. The molecule has 63 heavy (non-hydrogen) atoms. The lowest BCUT2D eigenvalue weighted by Crippen LogP contribution is -2.00. The fourth-order valence-corrected chi connectivity index (χ4v) is 9.23. The maximum Gasteiger partial charge on any atom is 0.164 e. The van der Waals surface area contributed by atoms with Crippen LogP contribution in [0.1, 0.15) is 0 Å². The van der Waals surface area contributed by atoms with Crippen LogP contribution in [0, 0.1) is 0 Å². The van der Waals surface area contributed by atoms with Gasteiger partial charge in [0, 0.05) is 49.0 Å². The zero-order valence-electron chi connectivity index (χ0n) is 33.6. The Kier molecular flexibility index (Phi) is 7.80. The first-order chi connectivity index (χ1) is 31.2. The van der Waals surface area contributed by atoms with Crippen molar-refractivity contribution in [1.29, 1.82) is 0 Å². The van der Waals surface area contributed by atoms with E-state index in [1.807, 2.05) is 84.9 Å². The molecule has 0 atom stereocenters. The number of fused-ring (bicyclic) bond motifs is 9. The minimum absolute atomic E-state index is 0.545. The molecule has 0 aliphatic carbocycles. The van der Waals surface area contributed by atoms with Crippen molar-refractivity contribution in [3.63, 3.8) is 0 Å². The van der Waals surface area contributed by atoms with Gasteiger partial charge in [-0.15, -0.1) is 0 Å². The van der Waals surface area contributed by atoms with Crippen molar-refractivity contribution in [2.45, 2.75) is 0 Å². The third-order valence-corrected chi connectivity index (χ3v) is 12.2. The highest BCUT2D eigenvalue weighted by Gasteiger charge is 2.20. The van der Waals surface area contributed by atoms with Gasteiger partial charge in [0.05, 0.1) is 0 Å². The molecule has 13 rings (SSSR count). The molecule has 6 heteroatoms. The molecule has 0 fully saturated rings. The highest BCUT2D eigenvalue weighted by atomic mass is 16.3. The summed E-state index contributed by atoms with van der Waals surface area (Å²) in [5.74, 6) is 1.67. The first-order valence-electron chi connectivity index (χ1n) is 21.0. The van der Waals surface area contributed by atoms with Gasteiger partial charge in [0.15, 0.2) is 17.5 Å². The molecule has 4 aromatic heterocycles. The van der Waals surface area contributed by atoms with Gasteiger partial charge >= 0.3 is 0 Å². The van der Waals surface area contributed by atoms with Gasteiger partial charge in [0.2, 0.25) is 0 Å². The summed E-state index contributed by atoms with van der Waals surface area (Å²) in [6, 6.07) is 68.6. The number of aromatic nitrogens is 3. The number of para-hydroxylation sites is 1. The minimum Gasteiger partial charge on any atom is -0.456 e. The van der Waals surface area contributed by atoms with Gasteiger partial charge in [-0.2, -0.15) is 0 Å². The number of benzene rings is 9. The lowest BCUT2D eigenvalue weighted by Gasteiger charge is -2.11. The second kappa shape index (κ2) is 14.0. The van der Waals surface area contributed by atoms with E-state index < -0.39 is 0 Å². The predicted octanol–water partition coefficient (Wildman–Crippen LogP) is 15.6. The maximum atomic E-state index is 6.66. The van der Waals surface area contributed by atoms with Gasteiger partial charge in [0.25, 0.3) is 0 Å². The summed E-state index contributed by atoms with van der Waals surface area (Å²) in [5, 5.41) is 6.41. The van der Waals surface area contributed by atoms with E-state index in [4.69, 9.17) is 28.2 Å². The largest absolute Gasteiger partial charge is 0.456 e. The number of nitrogens with zero attached hydrogens (tertiary/aromatic N) is 3. The fourth-order valence-electron chi connectivity index (χ4n) is 9.23. The molecule has 0 N–H and O–H groups in total. The SMILES string of the molecule is c1ccc(-c2nc(-c3ccc4c(c3)oc3cccc(-c5ccccc5)c34)nc(-c3ccc4c(c3)oc3cccc(-c5ccccc5-c5ccc6c(c5)oc5ccccc56)c34)n2)cc1. The van der Waals surface area contributed by atoms with Gasteiger partial charge in [-0.25, -0.2) is 15.0 Å². The Bertz CT molecular complexity index is 3920. The van der Waals surface area contributed by atoms with Crippen molar-refractivity contribution in [2.24, 2.45) is 0 Å². The predicted molar refractivity (Wildman–Crippen MR) is 254 cm³/mol. The van der Waals surface area contributed by atoms with Gasteiger partial charge in [0.1, 0.15) is 33.5 Å². The van der Waals surface area contributed by atoms with E-state index in [1.54, 1.807) is 0 Å². The van der Waals surface area contributed by atoms with Crippen molar-refractivity contribution in [3.8, 4) is 67.5 Å². The van der Waals surface area contributed by atoms with E-state index in [2.05, 4.69) is 115 Å². The fraction of sp³-hybridized carbons (Fsp3) is 0. The molecule has 0 aliphatic rings. The number of hydrogen-bond acceptors (Lipinski definition) is 6. The average molecular weight is 808 g/mol. The standard InChI is InChI=1S/C57H33N3O3/c1-3-13-34(14-4-1)40-20-11-23-48-53(40)45-29-26-37(32-51(45)62-48)56-58-55(35-15-5-2-6-16-35)59-57(60-56)38-27-30-46-52(33-38)63-49-24-12-21-44(54(46)49)41-18-8-7-17-39(41)36-25-28-43-42-19-9-10-22-47(42)61-50(43)31-36/h1-33H. The molecule has 0 saturated heterocycles. The minimum atomic E-state index is 0.545. The van der Waals surface area contributed by atoms with Crippen molar-refractivity contribution < 1.29 is 13.3 Å². The average Bonchev–Trinajstić information content (AvgIpc) is 4.05. The highest BCUT2D eigenvalue weighted by Crippen LogP contribution is 2.43. The summed E-state index contributed by atoms with van der Waals surface area (Å²) in [6.45, 7) is 0. The molecule has 0 aliphatic heterocycles. The monoisotopic (exact) mass is 807 g/mol. The van der Waals surface area contributed by atoms with Gasteiger partial charge < -0.3 is 13.3 Å². The Morgan fingerprint density at radius 1 is 0.238 bits per heavy atom. The molecule has 4 heterocycles. The third-order valence-electron chi connectivity index (χ3n) is 12.2. The lowest BCUT2D eigenvalue weighted by molar-refractivity contribution is 0.668. The summed E-state index contributed by atoms with van der Waals surface area (Å²) in [6.07, 6.45) is 0. The van der Waals surface area contributed by atoms with Crippen molar-refractivity contribution in [3.05, 3.63) is 200 Å². The number of furan rings is 3. The zero-order chi connectivity index (χ0) is 41.4. The second-order valence-corrected chi connectivity index (χ2v) is 15.9. The molecule has 0 saturated carbocycles. The van der Waals surface area contributed by atoms with E-state index in [9.17, 15) is 0 Å². The molecule has 0 amide bonds. The van der Waals surface area contributed by atoms with E-state index >= 15 is 0 Å². The number of rotatable bonds is 6. The highest BCUT2D eigenvalue weighted by molar-refractivity contribution is 6.15. The van der Waals surface area contributed by atoms with Crippen LogP contribution >= 0.6 is 0 Å². The summed E-state index contributed by atoms with van der Waals surface area (Å²) < 4.78 is 19.5. The summed E-state index contributed by atoms with van der Waals surface area (Å²) in [4.78, 5) is 15.2. The summed E-state index contributed by atoms with van der Waals surface area (Å²) in [5.41, 5.74) is 14.1. The van der Waals surface area contributed by atoms with Crippen molar-refractivity contribution >= 4 is 65.8 Å². The van der Waals surface area contributed by atoms with E-state index in [-0.39, 0.29) is 0 Å². The first-order valence-corrected chi connectivity index (χ1v) is 21.0. The van der Waals surface area contributed by atoms with E-state index in [1.165, 1.54) is 0 Å². The lowest BCUT2D eigenvalue weighted by atomic mass is 9.91. The summed E-state index contributed by atoms with van der Waals surface area (Å²) >= 11 is 0. The van der Waals surface area contributed by atoms with Gasteiger partial charge in [-0.3, -0.25) is 0 Å². The van der Waals surface area contributed by atoms with Crippen LogP contribution < -0.4 is 0 Å². The van der Waals surface area contributed by atoms with E-state index in [0.29, 0.717) is 17.5 Å². The van der Waals surface area contributed by atoms with Crippen LogP contribution in [-0.2, 0) is 0 Å². The van der Waals surface area contributed by atoms with Crippen molar-refractivity contribution in [2.75, 3.05) is 0 Å². The van der Waals surface area contributed by atoms with Crippen molar-refractivity contribution in [1.82, 2.24) is 15.0 Å². The van der Waals surface area contributed by atoms with Crippen LogP contribution in [0.5, 0.6) is 0 Å². The Labute approximate surface area is 360 Å². The quantitative estimate of drug-likeness (QED) is 0.166. The van der Waals surface area contributed by atoms with Gasteiger partial charge in [-0.1, -0.05) is 146 Å². The van der Waals surface area contributed by atoms with E-state index in [0.717, 1.165) is 116 Å². The maximum absolute atomic E-state index is 6.66. The molecular weight excluding hydrogens is 775 g/mol. The molecule has 9 aromatic carbocycles. The Morgan fingerprint density at radius 3 is 1.35 bits per heavy atom. The normalized spacial score (nSPS) is 11.8. The third kappa shape index (κ3) is 5.76. The Morgan fingerprint density at radius 2 is 0.667 bits per heavy atom. The second-order valence-electron chi connectivity index (χ2n) is 15.9. The number of hydrogen-bond donors (Lipinski definition) is 0. The topological polar surface area (TPSA) is 78.1 Å².